The van der Waals surface area contributed by atoms with Crippen LogP contribution in [-0.2, 0) is 6.54 Å². The molecule has 1 aliphatic rings. The smallest absolute Gasteiger partial charge is 0.293 e. The largest absolute Gasteiger partial charge is 0.434 e. The number of nitro benzene ring substituents is 1. The highest BCUT2D eigenvalue weighted by atomic mass is 16.6. The number of nitrogens with one attached hydrogen (secondary N) is 1. The topological polar surface area (TPSA) is 114 Å². The van der Waals surface area contributed by atoms with Crippen molar-refractivity contribution < 1.29 is 14.1 Å². The fourth-order valence-electron chi connectivity index (χ4n) is 4.16. The van der Waals surface area contributed by atoms with Crippen LogP contribution in [0.2, 0.25) is 0 Å². The fraction of sp³-hybridized carbons (Fsp3) is 0.240. The van der Waals surface area contributed by atoms with Crippen molar-refractivity contribution in [3.63, 3.8) is 0 Å². The van der Waals surface area contributed by atoms with Crippen LogP contribution < -0.4 is 10.2 Å². The van der Waals surface area contributed by atoms with Crippen LogP contribution >= 0.6 is 0 Å². The molecule has 1 saturated heterocycles. The molecule has 0 bridgehead atoms. The number of pyridine rings is 1. The summed E-state index contributed by atoms with van der Waals surface area (Å²) in [5.74, 6) is 0.118. The molecule has 5 rings (SSSR count). The van der Waals surface area contributed by atoms with E-state index in [0.29, 0.717) is 22.8 Å². The van der Waals surface area contributed by atoms with Crippen molar-refractivity contribution >= 4 is 28.5 Å². The highest BCUT2D eigenvalue weighted by Crippen LogP contribution is 2.31. The van der Waals surface area contributed by atoms with Crippen molar-refractivity contribution in [2.24, 2.45) is 0 Å². The summed E-state index contributed by atoms with van der Waals surface area (Å²) in [6.45, 7) is 1.88. The summed E-state index contributed by atoms with van der Waals surface area (Å²) >= 11 is 0. The lowest BCUT2D eigenvalue weighted by molar-refractivity contribution is -0.384. The van der Waals surface area contributed by atoms with Crippen LogP contribution in [0.4, 0.5) is 11.4 Å². The second kappa shape index (κ2) is 9.30. The lowest BCUT2D eigenvalue weighted by Gasteiger charge is -2.28. The van der Waals surface area contributed by atoms with E-state index < -0.39 is 4.92 Å². The maximum absolute atomic E-state index is 12.7. The molecule has 3 heterocycles. The van der Waals surface area contributed by atoms with E-state index in [0.717, 1.165) is 43.5 Å². The molecule has 1 fully saturated rings. The van der Waals surface area contributed by atoms with Crippen LogP contribution in [0, 0.1) is 10.1 Å². The van der Waals surface area contributed by atoms with Crippen LogP contribution in [0.5, 0.6) is 0 Å². The van der Waals surface area contributed by atoms with Gasteiger partial charge in [0.05, 0.1) is 4.92 Å². The summed E-state index contributed by atoms with van der Waals surface area (Å²) in [4.78, 5) is 34.5. The average Bonchev–Trinajstić information content (AvgIpc) is 3.32. The number of hydrogen-bond acceptors (Lipinski definition) is 7. The van der Waals surface area contributed by atoms with Crippen LogP contribution in [0.15, 0.2) is 65.2 Å². The lowest BCUT2D eigenvalue weighted by Crippen LogP contribution is -2.30. The molecule has 0 atom stereocenters. The zero-order chi connectivity index (χ0) is 23.5. The van der Waals surface area contributed by atoms with Gasteiger partial charge in [0.15, 0.2) is 11.2 Å². The Balaban J connectivity index is 1.26. The SMILES string of the molecule is O=C(NCc1ccc(-c2nc3ncccc3o2)cc1)c1ccc(N2CCCCC2)c([N+](=O)[O-])c1. The molecule has 9 nitrogen and oxygen atoms in total. The van der Waals surface area contributed by atoms with Crippen LogP contribution in [0.3, 0.4) is 0 Å². The Hall–Kier alpha value is -4.27. The highest BCUT2D eigenvalue weighted by Gasteiger charge is 2.23. The van der Waals surface area contributed by atoms with E-state index in [1.54, 1.807) is 24.4 Å². The summed E-state index contributed by atoms with van der Waals surface area (Å²) in [5.41, 5.74) is 3.66. The van der Waals surface area contributed by atoms with Crippen LogP contribution in [-0.4, -0.2) is 33.9 Å². The first kappa shape index (κ1) is 21.6. The molecule has 34 heavy (non-hydrogen) atoms. The minimum Gasteiger partial charge on any atom is -0.434 e. The molecule has 1 N–H and O–H groups in total. The molecular formula is C25H23N5O4. The summed E-state index contributed by atoms with van der Waals surface area (Å²) in [7, 11) is 0. The van der Waals surface area contributed by atoms with Crippen molar-refractivity contribution in [3.05, 3.63) is 82.0 Å². The number of oxazole rings is 1. The maximum Gasteiger partial charge on any atom is 0.293 e. The molecular weight excluding hydrogens is 434 g/mol. The summed E-state index contributed by atoms with van der Waals surface area (Å²) < 4.78 is 5.73. The molecule has 2 aromatic carbocycles. The summed E-state index contributed by atoms with van der Waals surface area (Å²) in [6, 6.07) is 15.8. The van der Waals surface area contributed by atoms with Crippen LogP contribution in [0.25, 0.3) is 22.7 Å². The van der Waals surface area contributed by atoms with Crippen molar-refractivity contribution in [2.75, 3.05) is 18.0 Å². The van der Waals surface area contributed by atoms with Crippen molar-refractivity contribution in [3.8, 4) is 11.5 Å². The Morgan fingerprint density at radius 3 is 2.62 bits per heavy atom. The molecule has 172 valence electrons. The first-order valence-electron chi connectivity index (χ1n) is 11.2. The van der Waals surface area contributed by atoms with Crippen molar-refractivity contribution in [2.45, 2.75) is 25.8 Å². The van der Waals surface area contributed by atoms with Gasteiger partial charge < -0.3 is 14.6 Å². The zero-order valence-corrected chi connectivity index (χ0v) is 18.4. The van der Waals surface area contributed by atoms with E-state index in [2.05, 4.69) is 15.3 Å². The van der Waals surface area contributed by atoms with Gasteiger partial charge in [-0.3, -0.25) is 14.9 Å². The van der Waals surface area contributed by atoms with Crippen molar-refractivity contribution in [1.82, 2.24) is 15.3 Å². The number of anilines is 1. The van der Waals surface area contributed by atoms with E-state index in [-0.39, 0.29) is 23.7 Å². The first-order valence-corrected chi connectivity index (χ1v) is 11.2. The summed E-state index contributed by atoms with van der Waals surface area (Å²) in [5, 5.41) is 14.5. The van der Waals surface area contributed by atoms with E-state index in [1.165, 1.54) is 6.07 Å². The Labute approximate surface area is 195 Å². The normalized spacial score (nSPS) is 13.7. The number of piperidine rings is 1. The number of rotatable bonds is 6. The number of benzene rings is 2. The molecule has 4 aromatic rings. The van der Waals surface area contributed by atoms with E-state index in [9.17, 15) is 14.9 Å². The lowest BCUT2D eigenvalue weighted by atomic mass is 10.1. The van der Waals surface area contributed by atoms with Gasteiger partial charge in [-0.2, -0.15) is 4.98 Å². The van der Waals surface area contributed by atoms with Gasteiger partial charge in [0.1, 0.15) is 5.69 Å². The third-order valence-corrected chi connectivity index (χ3v) is 5.95. The van der Waals surface area contributed by atoms with Gasteiger partial charge in [-0.05, 0) is 61.2 Å². The zero-order valence-electron chi connectivity index (χ0n) is 18.4. The monoisotopic (exact) mass is 457 g/mol. The number of nitro groups is 1. The maximum atomic E-state index is 12.7. The molecule has 2 aromatic heterocycles. The Kier molecular flexibility index (Phi) is 5.90. The number of carbonyl (C=O) groups excluding carboxylic acids is 1. The fourth-order valence-corrected chi connectivity index (χ4v) is 4.16. The quantitative estimate of drug-likeness (QED) is 0.329. The number of amides is 1. The van der Waals surface area contributed by atoms with Crippen molar-refractivity contribution in [1.29, 1.82) is 0 Å². The Morgan fingerprint density at radius 2 is 1.88 bits per heavy atom. The Bertz CT molecular complexity index is 1310. The van der Waals surface area contributed by atoms with Gasteiger partial charge in [-0.25, -0.2) is 4.98 Å². The number of nitrogens with zero attached hydrogens (tertiary/aromatic N) is 4. The molecule has 0 aliphatic carbocycles. The average molecular weight is 457 g/mol. The molecule has 1 amide bonds. The van der Waals surface area contributed by atoms with Gasteiger partial charge in [0.2, 0.25) is 5.89 Å². The molecule has 0 spiro atoms. The van der Waals surface area contributed by atoms with E-state index in [4.69, 9.17) is 4.42 Å². The van der Waals surface area contributed by atoms with Crippen LogP contribution in [0.1, 0.15) is 35.2 Å². The predicted molar refractivity (Wildman–Crippen MR) is 128 cm³/mol. The molecule has 9 heteroatoms. The minimum absolute atomic E-state index is 0.0354. The minimum atomic E-state index is -0.416. The third-order valence-electron chi connectivity index (χ3n) is 5.95. The van der Waals surface area contributed by atoms with Gasteiger partial charge in [-0.1, -0.05) is 12.1 Å². The molecule has 0 saturated carbocycles. The van der Waals surface area contributed by atoms with E-state index >= 15 is 0 Å². The molecule has 0 unspecified atom stereocenters. The molecule has 0 radical (unpaired) electrons. The van der Waals surface area contributed by atoms with Gasteiger partial charge in [-0.15, -0.1) is 0 Å². The van der Waals surface area contributed by atoms with Gasteiger partial charge in [0, 0.05) is 43.0 Å². The number of carbonyl (C=O) groups is 1. The van der Waals surface area contributed by atoms with Gasteiger partial charge >= 0.3 is 0 Å². The number of hydrogen-bond donors (Lipinski definition) is 1. The standard InChI is InChI=1S/C25H23N5O4/c31-24(19-10-11-20(21(15-19)30(32)33)29-13-2-1-3-14-29)27-16-17-6-8-18(9-7-17)25-28-23-22(34-25)5-4-12-26-23/h4-12,15H,1-3,13-14,16H2,(H,27,31). The second-order valence-electron chi connectivity index (χ2n) is 8.23. The van der Waals surface area contributed by atoms with E-state index in [1.807, 2.05) is 35.2 Å². The number of aromatic nitrogens is 2. The summed E-state index contributed by atoms with van der Waals surface area (Å²) in [6.07, 6.45) is 4.83. The Morgan fingerprint density at radius 1 is 1.09 bits per heavy atom. The molecule has 1 aliphatic heterocycles. The second-order valence-corrected chi connectivity index (χ2v) is 8.23. The third kappa shape index (κ3) is 4.45. The highest BCUT2D eigenvalue weighted by molar-refractivity contribution is 5.95. The van der Waals surface area contributed by atoms with Gasteiger partial charge in [0.25, 0.3) is 11.6 Å². The number of fused-ring (bicyclic) bond motifs is 1. The first-order chi connectivity index (χ1) is 16.6. The predicted octanol–water partition coefficient (Wildman–Crippen LogP) is 4.72.